The van der Waals surface area contributed by atoms with Crippen molar-refractivity contribution < 1.29 is 9.59 Å². The average Bonchev–Trinajstić information content (AvgIpc) is 3.19. The van der Waals surface area contributed by atoms with E-state index in [2.05, 4.69) is 14.9 Å². The Kier molecular flexibility index (Phi) is 4.12. The maximum Gasteiger partial charge on any atom is 0.323 e. The molecule has 0 spiro atoms. The monoisotopic (exact) mass is 357 g/mol. The van der Waals surface area contributed by atoms with Crippen LogP contribution in [0.25, 0.3) is 11.3 Å². The highest BCUT2D eigenvalue weighted by Gasteiger charge is 2.42. The van der Waals surface area contributed by atoms with Gasteiger partial charge in [-0.2, -0.15) is 0 Å². The Labute approximate surface area is 149 Å². The van der Waals surface area contributed by atoms with Gasteiger partial charge in [0.25, 0.3) is 0 Å². The Morgan fingerprint density at radius 3 is 2.80 bits per heavy atom. The van der Waals surface area contributed by atoms with E-state index >= 15 is 0 Å². The van der Waals surface area contributed by atoms with Crippen LogP contribution < -0.4 is 5.32 Å². The first-order chi connectivity index (χ1) is 12.1. The van der Waals surface area contributed by atoms with Gasteiger partial charge in [0.1, 0.15) is 10.7 Å². The minimum atomic E-state index is -0.168. The molecule has 3 amide bonds. The van der Waals surface area contributed by atoms with Gasteiger partial charge in [0.2, 0.25) is 5.91 Å². The van der Waals surface area contributed by atoms with Crippen LogP contribution in [-0.2, 0) is 4.79 Å². The van der Waals surface area contributed by atoms with Crippen molar-refractivity contribution in [3.05, 3.63) is 30.3 Å². The van der Waals surface area contributed by atoms with Crippen LogP contribution in [0.15, 0.2) is 30.3 Å². The van der Waals surface area contributed by atoms with Crippen molar-refractivity contribution in [2.24, 2.45) is 0 Å². The van der Waals surface area contributed by atoms with Gasteiger partial charge in [-0.15, -0.1) is 5.10 Å². The number of likely N-dealkylation sites (tertiary alicyclic amines) is 1. The summed E-state index contributed by atoms with van der Waals surface area (Å²) in [6.45, 7) is 0.592. The van der Waals surface area contributed by atoms with Crippen molar-refractivity contribution in [1.82, 2.24) is 19.4 Å². The molecule has 7 nitrogen and oxygen atoms in total. The van der Waals surface area contributed by atoms with Gasteiger partial charge in [-0.1, -0.05) is 34.8 Å². The maximum absolute atomic E-state index is 12.9. The summed E-state index contributed by atoms with van der Waals surface area (Å²) in [5, 5.41) is 7.76. The number of anilines is 1. The van der Waals surface area contributed by atoms with Gasteiger partial charge < -0.3 is 9.80 Å². The first-order valence-corrected chi connectivity index (χ1v) is 9.12. The number of rotatable bonds is 2. The molecule has 0 saturated carbocycles. The van der Waals surface area contributed by atoms with Crippen molar-refractivity contribution in [2.45, 2.75) is 31.3 Å². The topological polar surface area (TPSA) is 78.4 Å². The molecule has 1 aromatic heterocycles. The molecular weight excluding hydrogens is 338 g/mol. The Morgan fingerprint density at radius 1 is 1.24 bits per heavy atom. The molecule has 2 bridgehead atoms. The van der Waals surface area contributed by atoms with Gasteiger partial charge in [-0.05, 0) is 12.8 Å². The van der Waals surface area contributed by atoms with Crippen LogP contribution in [0.1, 0.15) is 19.3 Å². The average molecular weight is 357 g/mol. The predicted octanol–water partition coefficient (Wildman–Crippen LogP) is 2.43. The SMILES string of the molecule is CN1C[C@@H]2CC[C@H](CC1=O)N2C(=O)Nc1snnc1-c1ccccc1. The number of nitrogens with one attached hydrogen (secondary N) is 1. The highest BCUT2D eigenvalue weighted by atomic mass is 32.1. The predicted molar refractivity (Wildman–Crippen MR) is 95.3 cm³/mol. The molecule has 3 heterocycles. The molecular formula is C17H19N5O2S. The van der Waals surface area contributed by atoms with E-state index in [-0.39, 0.29) is 24.0 Å². The van der Waals surface area contributed by atoms with Gasteiger partial charge in [-0.25, -0.2) is 4.79 Å². The van der Waals surface area contributed by atoms with Crippen molar-refractivity contribution in [1.29, 1.82) is 0 Å². The molecule has 2 atom stereocenters. The lowest BCUT2D eigenvalue weighted by Gasteiger charge is -2.27. The summed E-state index contributed by atoms with van der Waals surface area (Å²) in [6.07, 6.45) is 2.21. The number of nitrogens with zero attached hydrogens (tertiary/aromatic N) is 4. The third kappa shape index (κ3) is 2.97. The molecule has 130 valence electrons. The zero-order chi connectivity index (χ0) is 17.4. The molecule has 8 heteroatoms. The number of benzene rings is 1. The number of amides is 3. The number of hydrogen-bond donors (Lipinski definition) is 1. The third-order valence-corrected chi connectivity index (χ3v) is 5.57. The quantitative estimate of drug-likeness (QED) is 0.895. The zero-order valence-electron chi connectivity index (χ0n) is 13.9. The van der Waals surface area contributed by atoms with Crippen LogP contribution in [0.2, 0.25) is 0 Å². The first kappa shape index (κ1) is 16.0. The summed E-state index contributed by atoms with van der Waals surface area (Å²) in [5.74, 6) is 0.106. The summed E-state index contributed by atoms with van der Waals surface area (Å²) < 4.78 is 3.99. The summed E-state index contributed by atoms with van der Waals surface area (Å²) in [5.41, 5.74) is 1.59. The summed E-state index contributed by atoms with van der Waals surface area (Å²) in [6, 6.07) is 9.55. The molecule has 4 rings (SSSR count). The smallest absolute Gasteiger partial charge is 0.323 e. The lowest BCUT2D eigenvalue weighted by atomic mass is 10.1. The van der Waals surface area contributed by atoms with Crippen molar-refractivity contribution in [2.75, 3.05) is 18.9 Å². The molecule has 2 aliphatic rings. The van der Waals surface area contributed by atoms with Crippen LogP contribution in [0.3, 0.4) is 0 Å². The first-order valence-electron chi connectivity index (χ1n) is 8.34. The Bertz CT molecular complexity index is 793. The lowest BCUT2D eigenvalue weighted by molar-refractivity contribution is -0.130. The van der Waals surface area contributed by atoms with Gasteiger partial charge in [0, 0.05) is 43.2 Å². The molecule has 0 radical (unpaired) electrons. The van der Waals surface area contributed by atoms with Crippen LogP contribution in [0, 0.1) is 0 Å². The van der Waals surface area contributed by atoms with Crippen molar-refractivity contribution in [3.8, 4) is 11.3 Å². The van der Waals surface area contributed by atoms with Gasteiger partial charge in [0.15, 0.2) is 0 Å². The number of carbonyl (C=O) groups is 2. The Morgan fingerprint density at radius 2 is 2.00 bits per heavy atom. The number of likely N-dealkylation sites (N-methyl/N-ethyl adjacent to an activating group) is 1. The van der Waals surface area contributed by atoms with E-state index in [4.69, 9.17) is 0 Å². The highest BCUT2D eigenvalue weighted by Crippen LogP contribution is 2.33. The van der Waals surface area contributed by atoms with Crippen LogP contribution in [0.5, 0.6) is 0 Å². The summed E-state index contributed by atoms with van der Waals surface area (Å²) in [7, 11) is 1.81. The molecule has 2 aliphatic heterocycles. The molecule has 1 N–H and O–H groups in total. The van der Waals surface area contributed by atoms with E-state index in [1.54, 1.807) is 11.9 Å². The Balaban J connectivity index is 1.55. The van der Waals surface area contributed by atoms with Crippen LogP contribution in [-0.4, -0.2) is 57.0 Å². The standard InChI is InChI=1S/C17H19N5O2S/c1-21-10-13-8-7-12(9-14(21)23)22(13)17(24)18-16-15(19-20-25-16)11-5-3-2-4-6-11/h2-6,12-13H,7-10H2,1H3,(H,18,24)/t12-,13+/m1/s1. The van der Waals surface area contributed by atoms with Gasteiger partial charge in [-0.3, -0.25) is 10.1 Å². The van der Waals surface area contributed by atoms with Crippen molar-refractivity contribution in [3.63, 3.8) is 0 Å². The molecule has 0 unspecified atom stereocenters. The zero-order valence-corrected chi connectivity index (χ0v) is 14.7. The summed E-state index contributed by atoms with van der Waals surface area (Å²) >= 11 is 1.17. The number of urea groups is 1. The molecule has 0 aliphatic carbocycles. The molecule has 25 heavy (non-hydrogen) atoms. The second-order valence-corrected chi connectivity index (χ2v) is 7.27. The normalized spacial score (nSPS) is 22.8. The maximum atomic E-state index is 12.9. The fourth-order valence-electron chi connectivity index (χ4n) is 3.67. The van der Waals surface area contributed by atoms with Crippen LogP contribution in [0.4, 0.5) is 9.80 Å². The minimum Gasteiger partial charge on any atom is -0.344 e. The number of hydrogen-bond acceptors (Lipinski definition) is 5. The number of aromatic nitrogens is 2. The summed E-state index contributed by atoms with van der Waals surface area (Å²) in [4.78, 5) is 28.6. The third-order valence-electron chi connectivity index (χ3n) is 4.93. The fourth-order valence-corrected chi connectivity index (χ4v) is 4.25. The number of fused-ring (bicyclic) bond motifs is 2. The van der Waals surface area contributed by atoms with E-state index in [1.165, 1.54) is 11.5 Å². The van der Waals surface area contributed by atoms with Crippen LogP contribution >= 0.6 is 11.5 Å². The van der Waals surface area contributed by atoms with E-state index in [0.29, 0.717) is 23.7 Å². The Hall–Kier alpha value is -2.48. The van der Waals surface area contributed by atoms with E-state index in [1.807, 2.05) is 35.2 Å². The highest BCUT2D eigenvalue weighted by molar-refractivity contribution is 7.10. The number of carbonyl (C=O) groups excluding carboxylic acids is 2. The second-order valence-electron chi connectivity index (χ2n) is 6.52. The molecule has 2 saturated heterocycles. The van der Waals surface area contributed by atoms with E-state index in [0.717, 1.165) is 18.4 Å². The fraction of sp³-hybridized carbons (Fsp3) is 0.412. The van der Waals surface area contributed by atoms with Gasteiger partial charge >= 0.3 is 6.03 Å². The molecule has 2 fully saturated rings. The lowest BCUT2D eigenvalue weighted by Crippen LogP contribution is -2.45. The largest absolute Gasteiger partial charge is 0.344 e. The van der Waals surface area contributed by atoms with Gasteiger partial charge in [0.05, 0.1) is 6.04 Å². The molecule has 1 aromatic carbocycles. The minimum absolute atomic E-state index is 0.0245. The second kappa shape index (κ2) is 6.44. The van der Waals surface area contributed by atoms with E-state index < -0.39 is 0 Å². The van der Waals surface area contributed by atoms with E-state index in [9.17, 15) is 9.59 Å². The molecule has 2 aromatic rings. The van der Waals surface area contributed by atoms with Crippen molar-refractivity contribution >= 4 is 28.5 Å².